The van der Waals surface area contributed by atoms with Crippen molar-refractivity contribution in [1.82, 2.24) is 0 Å². The average molecular weight is 587 g/mol. The van der Waals surface area contributed by atoms with Gasteiger partial charge in [-0.15, -0.1) is 12.8 Å². The molecule has 2 aromatic rings. The zero-order valence-electron chi connectivity index (χ0n) is 21.3. The van der Waals surface area contributed by atoms with Crippen LogP contribution >= 0.6 is 0 Å². The summed E-state index contributed by atoms with van der Waals surface area (Å²) in [6, 6.07) is 21.7. The van der Waals surface area contributed by atoms with Gasteiger partial charge in [0.15, 0.2) is 0 Å². The second-order valence-electron chi connectivity index (χ2n) is 10.0. The molecule has 2 aliphatic rings. The molecule has 0 saturated heterocycles. The van der Waals surface area contributed by atoms with E-state index in [1.54, 1.807) is 23.3 Å². The molecule has 0 saturated carbocycles. The summed E-state index contributed by atoms with van der Waals surface area (Å²) in [5.74, 6) is 0. The van der Waals surface area contributed by atoms with Crippen molar-refractivity contribution < 1.29 is 48.1 Å². The molecule has 2 aliphatic carbocycles. The van der Waals surface area contributed by atoms with Gasteiger partial charge < -0.3 is 24.8 Å². The predicted molar refractivity (Wildman–Crippen MR) is 138 cm³/mol. The molecule has 4 heteroatoms. The van der Waals surface area contributed by atoms with E-state index < -0.39 is 5.43 Å². The summed E-state index contributed by atoms with van der Waals surface area (Å²) >= 11 is 1.64. The fourth-order valence-corrected chi connectivity index (χ4v) is 7.06. The van der Waals surface area contributed by atoms with E-state index in [0.29, 0.717) is 10.8 Å². The molecule has 34 heavy (non-hydrogen) atoms. The Kier molecular flexibility index (Phi) is 15.5. The molecule has 0 fully saturated rings. The number of hydrogen-bond donors (Lipinski definition) is 0. The Morgan fingerprint density at radius 1 is 0.618 bits per heavy atom. The standard InChI is InChI=1S/C12H10Si.2C9H13.2ClH.Zr/c1-3-7-11(8-4-1)13-12-9-5-2-6-10-12;2*1-9(2,3)8-6-4-5-7-8;;;/h1-10H;2*6-7H,4H2,1-3H3;2*1H;/q;2*-1;;;+2/p-2. The van der Waals surface area contributed by atoms with Gasteiger partial charge in [-0.2, -0.15) is 23.3 Å². The third kappa shape index (κ3) is 11.7. The van der Waals surface area contributed by atoms with E-state index in [9.17, 15) is 0 Å². The molecule has 0 spiro atoms. The molecule has 0 unspecified atom stereocenters. The van der Waals surface area contributed by atoms with Crippen LogP contribution in [0.5, 0.6) is 0 Å². The van der Waals surface area contributed by atoms with Gasteiger partial charge in [-0.3, -0.25) is 12.2 Å². The van der Waals surface area contributed by atoms with Gasteiger partial charge in [0.2, 0.25) is 0 Å². The first-order valence-electron chi connectivity index (χ1n) is 11.3. The van der Waals surface area contributed by atoms with Crippen molar-refractivity contribution in [2.45, 2.75) is 54.4 Å². The fourth-order valence-electron chi connectivity index (χ4n) is 3.22. The SMILES string of the molecule is CC(C)(C)C1=CC[C-]=C1.CC(C)(C)C1=CC[C-]=C1.[Cl-].[Cl-].[Zr+2]=[Si](c1ccccc1)c1ccccc1. The molecule has 0 N–H and O–H groups in total. The summed E-state index contributed by atoms with van der Waals surface area (Å²) < 4.78 is 0. The van der Waals surface area contributed by atoms with E-state index in [1.807, 2.05) is 0 Å². The van der Waals surface area contributed by atoms with Crippen LogP contribution in [0.4, 0.5) is 0 Å². The summed E-state index contributed by atoms with van der Waals surface area (Å²) in [6.45, 7) is 13.3. The van der Waals surface area contributed by atoms with E-state index in [4.69, 9.17) is 0 Å². The maximum atomic E-state index is 3.16. The maximum absolute atomic E-state index is 3.16. The summed E-state index contributed by atoms with van der Waals surface area (Å²) in [6.07, 6.45) is 17.0. The van der Waals surface area contributed by atoms with Crippen molar-refractivity contribution in [2.75, 3.05) is 0 Å². The molecule has 0 atom stereocenters. The van der Waals surface area contributed by atoms with Crippen LogP contribution in [0, 0.1) is 23.0 Å². The molecule has 0 aliphatic heterocycles. The third-order valence-corrected chi connectivity index (χ3v) is 11.3. The molecular formula is C30H36Cl2SiZr-2. The fraction of sp³-hybridized carbons (Fsp3) is 0.333. The summed E-state index contributed by atoms with van der Waals surface area (Å²) in [4.78, 5) is 0. The van der Waals surface area contributed by atoms with Crippen LogP contribution in [0.15, 0.2) is 96.1 Å². The summed E-state index contributed by atoms with van der Waals surface area (Å²) in [7, 11) is 0. The van der Waals surface area contributed by atoms with E-state index in [2.05, 4.69) is 139 Å². The van der Waals surface area contributed by atoms with Crippen LogP contribution in [0.2, 0.25) is 0 Å². The molecule has 0 amide bonds. The van der Waals surface area contributed by atoms with Gasteiger partial charge in [-0.05, 0) is 0 Å². The number of hydrogen-bond acceptors (Lipinski definition) is 0. The summed E-state index contributed by atoms with van der Waals surface area (Å²) in [5, 5.41) is 3.03. The van der Waals surface area contributed by atoms with Crippen molar-refractivity contribution in [3.05, 3.63) is 108 Å². The van der Waals surface area contributed by atoms with Crippen molar-refractivity contribution in [2.24, 2.45) is 10.8 Å². The topological polar surface area (TPSA) is 0 Å². The van der Waals surface area contributed by atoms with Gasteiger partial charge in [-0.25, -0.2) is 12.2 Å². The second-order valence-corrected chi connectivity index (χ2v) is 15.6. The minimum atomic E-state index is -0.455. The van der Waals surface area contributed by atoms with Gasteiger partial charge in [0.1, 0.15) is 0 Å². The molecular weight excluding hydrogens is 551 g/mol. The quantitative estimate of drug-likeness (QED) is 0.361. The predicted octanol–water partition coefficient (Wildman–Crippen LogP) is 0.791. The van der Waals surface area contributed by atoms with Crippen LogP contribution in [0.1, 0.15) is 54.4 Å². The van der Waals surface area contributed by atoms with E-state index >= 15 is 0 Å². The normalized spacial score (nSPS) is 13.8. The Labute approximate surface area is 235 Å². The number of halogens is 2. The average Bonchev–Trinajstić information content (AvgIpc) is 3.49. The van der Waals surface area contributed by atoms with Crippen LogP contribution in [0.3, 0.4) is 0 Å². The molecule has 4 rings (SSSR count). The molecule has 180 valence electrons. The second kappa shape index (κ2) is 15.9. The first-order valence-corrected chi connectivity index (χ1v) is 16.5. The van der Waals surface area contributed by atoms with Crippen molar-refractivity contribution in [3.8, 4) is 0 Å². The zero-order chi connectivity index (χ0) is 23.6. The van der Waals surface area contributed by atoms with Crippen LogP contribution in [0.25, 0.3) is 0 Å². The Balaban J connectivity index is 0.000000485. The van der Waals surface area contributed by atoms with E-state index in [1.165, 1.54) is 21.5 Å². The van der Waals surface area contributed by atoms with Gasteiger partial charge in [0, 0.05) is 0 Å². The molecule has 0 radical (unpaired) electrons. The van der Waals surface area contributed by atoms with Crippen molar-refractivity contribution in [3.63, 3.8) is 0 Å². The number of allylic oxidation sites excluding steroid dienone is 8. The molecule has 2 aromatic carbocycles. The van der Waals surface area contributed by atoms with Crippen molar-refractivity contribution in [1.29, 1.82) is 0 Å². The first kappa shape index (κ1) is 33.1. The summed E-state index contributed by atoms with van der Waals surface area (Å²) in [5.41, 5.74) is 3.03. The molecule has 0 heterocycles. The molecule has 0 nitrogen and oxygen atoms in total. The molecule has 0 aromatic heterocycles. The Morgan fingerprint density at radius 3 is 1.15 bits per heavy atom. The van der Waals surface area contributed by atoms with Gasteiger partial charge in [0.25, 0.3) is 0 Å². The number of rotatable bonds is 2. The monoisotopic (exact) mass is 584 g/mol. The van der Waals surface area contributed by atoms with Crippen LogP contribution < -0.4 is 35.2 Å². The first-order chi connectivity index (χ1) is 15.1. The van der Waals surface area contributed by atoms with Gasteiger partial charge >= 0.3 is 99.8 Å². The Bertz CT molecular complexity index is 908. The van der Waals surface area contributed by atoms with Crippen LogP contribution in [-0.2, 0) is 23.3 Å². The third-order valence-electron chi connectivity index (χ3n) is 5.25. The van der Waals surface area contributed by atoms with E-state index in [-0.39, 0.29) is 24.8 Å². The number of benzene rings is 2. The zero-order valence-corrected chi connectivity index (χ0v) is 26.2. The minimum absolute atomic E-state index is 0. The van der Waals surface area contributed by atoms with Crippen LogP contribution in [-0.4, -0.2) is 5.43 Å². The van der Waals surface area contributed by atoms with Gasteiger partial charge in [0.05, 0.1) is 0 Å². The van der Waals surface area contributed by atoms with E-state index in [0.717, 1.165) is 12.8 Å². The Morgan fingerprint density at radius 2 is 0.941 bits per heavy atom. The Hall–Kier alpha value is -0.920. The molecule has 0 bridgehead atoms. The van der Waals surface area contributed by atoms with Gasteiger partial charge in [-0.1, -0.05) is 52.4 Å². The van der Waals surface area contributed by atoms with Crippen molar-refractivity contribution >= 4 is 15.8 Å².